The van der Waals surface area contributed by atoms with E-state index in [1.165, 1.54) is 11.3 Å². The highest BCUT2D eigenvalue weighted by Gasteiger charge is 2.22. The van der Waals surface area contributed by atoms with Crippen LogP contribution in [0.2, 0.25) is 0 Å². The second-order valence-electron chi connectivity index (χ2n) is 5.90. The molecule has 138 valence electrons. The Hall–Kier alpha value is -2.45. The number of aromatic nitrogens is 3. The normalized spacial score (nSPS) is 12.5. The number of nitrogens with one attached hydrogen (secondary N) is 1. The van der Waals surface area contributed by atoms with Gasteiger partial charge in [-0.05, 0) is 25.2 Å². The molecule has 3 rings (SSSR count). The first-order chi connectivity index (χ1) is 12.6. The van der Waals surface area contributed by atoms with Crippen LogP contribution in [0, 0.1) is 0 Å². The summed E-state index contributed by atoms with van der Waals surface area (Å²) in [7, 11) is 1.85. The molecule has 1 amide bonds. The van der Waals surface area contributed by atoms with Gasteiger partial charge in [0.25, 0.3) is 5.91 Å². The second-order valence-corrected chi connectivity index (χ2v) is 6.76. The van der Waals surface area contributed by atoms with Gasteiger partial charge in [-0.15, -0.1) is 11.3 Å². The standard InChI is InChI=1S/C18H23N5O2S/c1-4-23(5-2)15(16-7-6-8-25-16)10-19-17(24)14-12-26-18(21-14)13-9-20-22(3)11-13/h6-9,11-12,15H,4-5,10H2,1-3H3,(H,19,24). The van der Waals surface area contributed by atoms with Crippen molar-refractivity contribution in [3.63, 3.8) is 0 Å². The zero-order chi connectivity index (χ0) is 18.5. The maximum absolute atomic E-state index is 12.5. The lowest BCUT2D eigenvalue weighted by atomic mass is 10.2. The van der Waals surface area contributed by atoms with Gasteiger partial charge in [0.15, 0.2) is 0 Å². The third kappa shape index (κ3) is 4.03. The summed E-state index contributed by atoms with van der Waals surface area (Å²) in [4.78, 5) is 19.2. The summed E-state index contributed by atoms with van der Waals surface area (Å²) in [5, 5.41) is 9.69. The van der Waals surface area contributed by atoms with Gasteiger partial charge in [0.2, 0.25) is 0 Å². The molecule has 0 aliphatic rings. The first-order valence-electron chi connectivity index (χ1n) is 8.62. The molecule has 0 saturated heterocycles. The molecule has 26 heavy (non-hydrogen) atoms. The van der Waals surface area contributed by atoms with Gasteiger partial charge in [0, 0.05) is 30.7 Å². The highest BCUT2D eigenvalue weighted by atomic mass is 32.1. The van der Waals surface area contributed by atoms with Crippen molar-refractivity contribution in [1.82, 2.24) is 25.0 Å². The van der Waals surface area contributed by atoms with Gasteiger partial charge >= 0.3 is 0 Å². The quantitative estimate of drug-likeness (QED) is 0.657. The Morgan fingerprint density at radius 1 is 1.42 bits per heavy atom. The number of hydrogen-bond acceptors (Lipinski definition) is 6. The number of rotatable bonds is 8. The zero-order valence-corrected chi connectivity index (χ0v) is 16.0. The van der Waals surface area contributed by atoms with E-state index in [4.69, 9.17) is 4.42 Å². The Kier molecular flexibility index (Phi) is 5.85. The largest absolute Gasteiger partial charge is 0.468 e. The molecular weight excluding hydrogens is 350 g/mol. The smallest absolute Gasteiger partial charge is 0.270 e. The fourth-order valence-corrected chi connectivity index (χ4v) is 3.65. The Labute approximate surface area is 156 Å². The average molecular weight is 373 g/mol. The summed E-state index contributed by atoms with van der Waals surface area (Å²) < 4.78 is 7.28. The minimum atomic E-state index is -0.180. The number of amides is 1. The van der Waals surface area contributed by atoms with Gasteiger partial charge in [-0.1, -0.05) is 13.8 Å². The highest BCUT2D eigenvalue weighted by Crippen LogP contribution is 2.23. The van der Waals surface area contributed by atoms with E-state index < -0.39 is 0 Å². The van der Waals surface area contributed by atoms with Crippen molar-refractivity contribution in [2.24, 2.45) is 7.05 Å². The molecule has 0 aromatic carbocycles. The molecule has 1 unspecified atom stereocenters. The number of hydrogen-bond donors (Lipinski definition) is 1. The third-order valence-electron chi connectivity index (χ3n) is 4.27. The van der Waals surface area contributed by atoms with Gasteiger partial charge in [0.05, 0.1) is 18.5 Å². The summed E-state index contributed by atoms with van der Waals surface area (Å²) in [6.45, 7) is 6.41. The van der Waals surface area contributed by atoms with Crippen molar-refractivity contribution in [3.8, 4) is 10.6 Å². The molecule has 0 bridgehead atoms. The number of aryl methyl sites for hydroxylation is 1. The monoisotopic (exact) mass is 373 g/mol. The molecule has 3 aromatic heterocycles. The van der Waals surface area contributed by atoms with Crippen LogP contribution < -0.4 is 5.32 Å². The number of carbonyl (C=O) groups excluding carboxylic acids is 1. The van der Waals surface area contributed by atoms with E-state index in [1.807, 2.05) is 25.4 Å². The molecule has 3 aromatic rings. The van der Waals surface area contributed by atoms with Gasteiger partial charge < -0.3 is 9.73 Å². The Bertz CT molecular complexity index is 836. The van der Waals surface area contributed by atoms with Gasteiger partial charge in [-0.2, -0.15) is 5.10 Å². The van der Waals surface area contributed by atoms with Crippen LogP contribution in [0.15, 0.2) is 40.6 Å². The number of carbonyl (C=O) groups is 1. The molecule has 0 radical (unpaired) electrons. The van der Waals surface area contributed by atoms with Crippen LogP contribution in [0.1, 0.15) is 36.1 Å². The molecule has 1 atom stereocenters. The van der Waals surface area contributed by atoms with Crippen molar-refractivity contribution in [1.29, 1.82) is 0 Å². The third-order valence-corrected chi connectivity index (χ3v) is 5.16. The molecule has 7 nitrogen and oxygen atoms in total. The molecular formula is C18H23N5O2S. The predicted molar refractivity (Wildman–Crippen MR) is 101 cm³/mol. The van der Waals surface area contributed by atoms with Crippen LogP contribution in [0.4, 0.5) is 0 Å². The van der Waals surface area contributed by atoms with Crippen molar-refractivity contribution >= 4 is 17.2 Å². The Morgan fingerprint density at radius 2 is 2.23 bits per heavy atom. The highest BCUT2D eigenvalue weighted by molar-refractivity contribution is 7.13. The summed E-state index contributed by atoms with van der Waals surface area (Å²) in [5.74, 6) is 0.670. The van der Waals surface area contributed by atoms with Gasteiger partial charge in [-0.3, -0.25) is 14.4 Å². The van der Waals surface area contributed by atoms with E-state index in [9.17, 15) is 4.79 Å². The lowest BCUT2D eigenvalue weighted by molar-refractivity contribution is 0.0925. The number of nitrogens with zero attached hydrogens (tertiary/aromatic N) is 4. The zero-order valence-electron chi connectivity index (χ0n) is 15.2. The summed E-state index contributed by atoms with van der Waals surface area (Å²) >= 11 is 1.44. The molecule has 3 heterocycles. The van der Waals surface area contributed by atoms with Crippen LogP contribution in [0.5, 0.6) is 0 Å². The van der Waals surface area contributed by atoms with Crippen molar-refractivity contribution < 1.29 is 9.21 Å². The van der Waals surface area contributed by atoms with Crippen LogP contribution >= 0.6 is 11.3 Å². The number of furan rings is 1. The minimum absolute atomic E-state index is 0.000351. The van der Waals surface area contributed by atoms with Crippen LogP contribution in [-0.2, 0) is 7.05 Å². The van der Waals surface area contributed by atoms with Gasteiger partial charge in [0.1, 0.15) is 16.5 Å². The molecule has 0 fully saturated rings. The van der Waals surface area contributed by atoms with Crippen molar-refractivity contribution in [2.75, 3.05) is 19.6 Å². The first kappa shape index (κ1) is 18.3. The topological polar surface area (TPSA) is 76.2 Å². The number of likely N-dealkylation sites (N-methyl/N-ethyl adjacent to an activating group) is 1. The lowest BCUT2D eigenvalue weighted by Crippen LogP contribution is -2.38. The summed E-state index contributed by atoms with van der Waals surface area (Å²) in [6, 6.07) is 3.81. The maximum atomic E-state index is 12.5. The molecule has 0 aliphatic carbocycles. The minimum Gasteiger partial charge on any atom is -0.468 e. The van der Waals surface area contributed by atoms with Crippen molar-refractivity contribution in [2.45, 2.75) is 19.9 Å². The van der Waals surface area contributed by atoms with E-state index >= 15 is 0 Å². The van der Waals surface area contributed by atoms with E-state index in [1.54, 1.807) is 22.5 Å². The Balaban J connectivity index is 1.68. The molecule has 0 saturated carbocycles. The van der Waals surface area contributed by atoms with E-state index in [0.29, 0.717) is 12.2 Å². The molecule has 0 spiro atoms. The predicted octanol–water partition coefficient (Wildman–Crippen LogP) is 2.95. The first-order valence-corrected chi connectivity index (χ1v) is 9.50. The molecule has 0 aliphatic heterocycles. The van der Waals surface area contributed by atoms with Crippen LogP contribution in [-0.4, -0.2) is 45.2 Å². The second kappa shape index (κ2) is 8.29. The number of thiazole rings is 1. The summed E-state index contributed by atoms with van der Waals surface area (Å²) in [5.41, 5.74) is 1.33. The Morgan fingerprint density at radius 3 is 2.85 bits per heavy atom. The fraction of sp³-hybridized carbons (Fsp3) is 0.389. The average Bonchev–Trinajstić information content (AvgIpc) is 3.38. The van der Waals surface area contributed by atoms with E-state index in [0.717, 1.165) is 29.4 Å². The molecule has 8 heteroatoms. The maximum Gasteiger partial charge on any atom is 0.270 e. The van der Waals surface area contributed by atoms with Crippen LogP contribution in [0.25, 0.3) is 10.6 Å². The lowest BCUT2D eigenvalue weighted by Gasteiger charge is -2.28. The fourth-order valence-electron chi connectivity index (χ4n) is 2.88. The van der Waals surface area contributed by atoms with Crippen molar-refractivity contribution in [3.05, 3.63) is 47.6 Å². The van der Waals surface area contributed by atoms with E-state index in [2.05, 4.69) is 34.1 Å². The molecule has 1 N–H and O–H groups in total. The van der Waals surface area contributed by atoms with E-state index in [-0.39, 0.29) is 11.9 Å². The SMILES string of the molecule is CCN(CC)C(CNC(=O)c1csc(-c2cnn(C)c2)n1)c1ccco1. The van der Waals surface area contributed by atoms with Crippen LogP contribution in [0.3, 0.4) is 0 Å². The van der Waals surface area contributed by atoms with Gasteiger partial charge in [-0.25, -0.2) is 4.98 Å². The summed E-state index contributed by atoms with van der Waals surface area (Å²) in [6.07, 6.45) is 5.29.